The SMILES string of the molecule is O=C(O)C(F)(F)C(F)(F)C(F)(F)C(F)(F)OC(F)(F)C(F)(F)I. The largest absolute Gasteiger partial charge is 0.477 e. The molecule has 23 heavy (non-hydrogen) atoms. The zero-order chi connectivity index (χ0) is 19.3. The van der Waals surface area contributed by atoms with E-state index >= 15 is 0 Å². The molecule has 0 radical (unpaired) electrons. The summed E-state index contributed by atoms with van der Waals surface area (Å²) >= 11 is -0.581. The first kappa shape index (κ1) is 22.3. The molecule has 0 unspecified atom stereocenters. The fourth-order valence-electron chi connectivity index (χ4n) is 0.797. The molecule has 0 rings (SSSR count). The van der Waals surface area contributed by atoms with Crippen molar-refractivity contribution in [2.75, 3.05) is 0 Å². The van der Waals surface area contributed by atoms with Gasteiger partial charge in [0.1, 0.15) is 0 Å². The summed E-state index contributed by atoms with van der Waals surface area (Å²) in [6, 6.07) is 0. The van der Waals surface area contributed by atoms with Crippen LogP contribution in [0, 0.1) is 0 Å². The highest BCUT2D eigenvalue weighted by molar-refractivity contribution is 14.1. The molecule has 138 valence electrons. The van der Waals surface area contributed by atoms with Crippen LogP contribution in [0.2, 0.25) is 0 Å². The molecule has 0 saturated heterocycles. The van der Waals surface area contributed by atoms with Gasteiger partial charge in [-0.15, -0.1) is 0 Å². The molecule has 0 saturated carbocycles. The molecule has 0 aliphatic carbocycles. The molecule has 0 fully saturated rings. The summed E-state index contributed by atoms with van der Waals surface area (Å²) in [6.45, 7) is 0. The van der Waals surface area contributed by atoms with E-state index in [-0.39, 0.29) is 0 Å². The summed E-state index contributed by atoms with van der Waals surface area (Å²) in [5.74, 6) is -26.0. The average molecular weight is 488 g/mol. The van der Waals surface area contributed by atoms with Crippen molar-refractivity contribution in [2.24, 2.45) is 0 Å². The number of ether oxygens (including phenoxy) is 1. The highest BCUT2D eigenvalue weighted by atomic mass is 127. The standard InChI is InChI=1S/C7HF12IO3/c8-2(9,1(21)22)3(10,11)4(12,13)6(16,17)23-7(18,19)5(14,15)20/h(H,21,22). The smallest absolute Gasteiger partial charge is 0.433 e. The molecular weight excluding hydrogens is 487 g/mol. The maximum Gasteiger partial charge on any atom is 0.433 e. The molecule has 0 aliphatic rings. The fourth-order valence-corrected chi connectivity index (χ4v) is 0.907. The third kappa shape index (κ3) is 3.55. The van der Waals surface area contributed by atoms with Gasteiger partial charge in [0.2, 0.25) is 0 Å². The number of aliphatic carboxylic acids is 1. The maximum atomic E-state index is 12.8. The van der Waals surface area contributed by atoms with Gasteiger partial charge < -0.3 is 5.11 Å². The van der Waals surface area contributed by atoms with Gasteiger partial charge in [-0.25, -0.2) is 9.53 Å². The summed E-state index contributed by atoms with van der Waals surface area (Å²) in [5.41, 5.74) is 0. The van der Waals surface area contributed by atoms with Gasteiger partial charge in [0.05, 0.1) is 0 Å². The summed E-state index contributed by atoms with van der Waals surface area (Å²) in [7, 11) is 0. The lowest BCUT2D eigenvalue weighted by atomic mass is 10.0. The number of halogens is 13. The van der Waals surface area contributed by atoms with Crippen molar-refractivity contribution >= 4 is 28.6 Å². The van der Waals surface area contributed by atoms with Crippen LogP contribution in [0.25, 0.3) is 0 Å². The molecule has 0 atom stereocenters. The molecule has 0 aromatic carbocycles. The molecule has 3 nitrogen and oxygen atoms in total. The Morgan fingerprint density at radius 1 is 0.739 bits per heavy atom. The average Bonchev–Trinajstić information content (AvgIpc) is 2.24. The minimum Gasteiger partial charge on any atom is -0.477 e. The lowest BCUT2D eigenvalue weighted by molar-refractivity contribution is -0.483. The number of alkyl halides is 13. The van der Waals surface area contributed by atoms with Gasteiger partial charge in [-0.05, 0) is 0 Å². The van der Waals surface area contributed by atoms with Crippen molar-refractivity contribution in [2.45, 2.75) is 33.9 Å². The number of carbonyl (C=O) groups is 1. The van der Waals surface area contributed by atoms with Crippen LogP contribution in [0.4, 0.5) is 52.7 Å². The molecule has 0 amide bonds. The third-order valence-corrected chi connectivity index (χ3v) is 2.64. The summed E-state index contributed by atoms with van der Waals surface area (Å²) < 4.78 is 147. The van der Waals surface area contributed by atoms with Crippen LogP contribution in [-0.4, -0.2) is 45.0 Å². The van der Waals surface area contributed by atoms with Crippen LogP contribution in [0.1, 0.15) is 0 Å². The van der Waals surface area contributed by atoms with E-state index < -0.39 is 62.5 Å². The van der Waals surface area contributed by atoms with Gasteiger partial charge in [-0.3, -0.25) is 0 Å². The Labute approximate surface area is 130 Å². The van der Waals surface area contributed by atoms with E-state index in [2.05, 4.69) is 0 Å². The number of hydrogen-bond donors (Lipinski definition) is 1. The first-order valence-electron chi connectivity index (χ1n) is 4.54. The van der Waals surface area contributed by atoms with Crippen LogP contribution >= 0.6 is 22.6 Å². The van der Waals surface area contributed by atoms with Crippen molar-refractivity contribution in [1.82, 2.24) is 0 Å². The number of carboxylic acid groups (broad SMARTS) is 1. The van der Waals surface area contributed by atoms with Crippen molar-refractivity contribution in [3.63, 3.8) is 0 Å². The topological polar surface area (TPSA) is 46.5 Å². The Morgan fingerprint density at radius 3 is 1.35 bits per heavy atom. The van der Waals surface area contributed by atoms with Gasteiger partial charge in [0.15, 0.2) is 0 Å². The maximum absolute atomic E-state index is 12.8. The molecule has 0 aromatic rings. The second kappa shape index (κ2) is 5.69. The highest BCUT2D eigenvalue weighted by Crippen LogP contribution is 2.55. The predicted octanol–water partition coefficient (Wildman–Crippen LogP) is 4.21. The summed E-state index contributed by atoms with van der Waals surface area (Å²) in [6.07, 6.45) is -13.8. The van der Waals surface area contributed by atoms with Gasteiger partial charge in [-0.2, -0.15) is 52.7 Å². The molecule has 0 aliphatic heterocycles. The van der Waals surface area contributed by atoms with E-state index in [9.17, 15) is 57.5 Å². The van der Waals surface area contributed by atoms with E-state index in [0.717, 1.165) is 0 Å². The van der Waals surface area contributed by atoms with Gasteiger partial charge in [0, 0.05) is 22.6 Å². The van der Waals surface area contributed by atoms with E-state index in [0.29, 0.717) is 0 Å². The van der Waals surface area contributed by atoms with E-state index in [4.69, 9.17) is 5.11 Å². The van der Waals surface area contributed by atoms with Gasteiger partial charge in [-0.1, -0.05) is 0 Å². The quantitative estimate of drug-likeness (QED) is 0.332. The first-order chi connectivity index (χ1) is 9.65. The van der Waals surface area contributed by atoms with E-state index in [1.54, 1.807) is 4.74 Å². The van der Waals surface area contributed by atoms with Crippen molar-refractivity contribution in [3.05, 3.63) is 0 Å². The fraction of sp³-hybridized carbons (Fsp3) is 0.857. The monoisotopic (exact) mass is 488 g/mol. The normalized spacial score (nSPS) is 15.7. The first-order valence-corrected chi connectivity index (χ1v) is 5.62. The molecule has 16 heteroatoms. The highest BCUT2D eigenvalue weighted by Gasteiger charge is 2.85. The van der Waals surface area contributed by atoms with Gasteiger partial charge in [0.25, 0.3) is 0 Å². The second-order valence-corrected chi connectivity index (χ2v) is 5.02. The predicted molar refractivity (Wildman–Crippen MR) is 52.4 cm³/mol. The summed E-state index contributed by atoms with van der Waals surface area (Å²) in [4.78, 5) is 9.77. The van der Waals surface area contributed by atoms with Crippen molar-refractivity contribution in [1.29, 1.82) is 0 Å². The lowest BCUT2D eigenvalue weighted by Gasteiger charge is -2.36. The minimum absolute atomic E-state index is 0.581. The molecular formula is C7HF12IO3. The Balaban J connectivity index is 5.95. The summed E-state index contributed by atoms with van der Waals surface area (Å²) in [5, 5.41) is 7.65. The van der Waals surface area contributed by atoms with E-state index in [1.807, 2.05) is 0 Å². The molecule has 0 heterocycles. The number of carboxylic acids is 1. The molecule has 1 N–H and O–H groups in total. The number of hydrogen-bond acceptors (Lipinski definition) is 2. The Kier molecular flexibility index (Phi) is 5.53. The van der Waals surface area contributed by atoms with Crippen LogP contribution in [0.15, 0.2) is 0 Å². The number of rotatable bonds is 7. The minimum atomic E-state index is -7.60. The van der Waals surface area contributed by atoms with Gasteiger partial charge >= 0.3 is 39.9 Å². The zero-order valence-corrected chi connectivity index (χ0v) is 11.8. The van der Waals surface area contributed by atoms with Crippen molar-refractivity contribution < 1.29 is 67.3 Å². The van der Waals surface area contributed by atoms with Crippen LogP contribution in [-0.2, 0) is 9.53 Å². The van der Waals surface area contributed by atoms with E-state index in [1.165, 1.54) is 0 Å². The molecule has 0 spiro atoms. The van der Waals surface area contributed by atoms with Crippen LogP contribution in [0.5, 0.6) is 0 Å². The molecule has 0 bridgehead atoms. The zero-order valence-electron chi connectivity index (χ0n) is 9.68. The Bertz CT molecular complexity index is 470. The third-order valence-electron chi connectivity index (χ3n) is 2.01. The second-order valence-electron chi connectivity index (χ2n) is 3.66. The Hall–Kier alpha value is -0.680. The van der Waals surface area contributed by atoms with Crippen molar-refractivity contribution in [3.8, 4) is 0 Å². The Morgan fingerprint density at radius 2 is 1.09 bits per heavy atom. The van der Waals surface area contributed by atoms with Crippen LogP contribution in [0.3, 0.4) is 0 Å². The van der Waals surface area contributed by atoms with Crippen LogP contribution < -0.4 is 0 Å². The lowest BCUT2D eigenvalue weighted by Crippen LogP contribution is -2.66. The molecule has 0 aromatic heterocycles.